The summed E-state index contributed by atoms with van der Waals surface area (Å²) in [6, 6.07) is 7.56. The second-order valence-corrected chi connectivity index (χ2v) is 3.57. The first-order valence-corrected chi connectivity index (χ1v) is 4.76. The van der Waals surface area contributed by atoms with Gasteiger partial charge in [-0.2, -0.15) is 5.10 Å². The first-order valence-electron chi connectivity index (χ1n) is 4.76. The monoisotopic (exact) mass is 200 g/mol. The molecule has 0 saturated heterocycles. The van der Waals surface area contributed by atoms with E-state index in [0.717, 1.165) is 23.1 Å². The molecular formula is C12H12N2O. The molecule has 3 nitrogen and oxygen atoms in total. The van der Waals surface area contributed by atoms with Gasteiger partial charge in [-0.15, -0.1) is 0 Å². The van der Waals surface area contributed by atoms with Gasteiger partial charge < -0.3 is 0 Å². The van der Waals surface area contributed by atoms with E-state index < -0.39 is 0 Å². The molecule has 3 heteroatoms. The van der Waals surface area contributed by atoms with Gasteiger partial charge in [0, 0.05) is 24.4 Å². The molecule has 1 heterocycles. The highest BCUT2D eigenvalue weighted by Crippen LogP contribution is 2.22. The Balaban J connectivity index is 2.55. The zero-order valence-corrected chi connectivity index (χ0v) is 8.77. The van der Waals surface area contributed by atoms with Crippen LogP contribution in [-0.2, 0) is 7.05 Å². The Kier molecular flexibility index (Phi) is 2.37. The van der Waals surface area contributed by atoms with E-state index in [2.05, 4.69) is 5.10 Å². The molecule has 0 aliphatic carbocycles. The SMILES string of the molecule is Cc1ccc(C=O)cc1-c1ccn(C)n1. The third-order valence-electron chi connectivity index (χ3n) is 2.39. The summed E-state index contributed by atoms with van der Waals surface area (Å²) in [5.74, 6) is 0. The van der Waals surface area contributed by atoms with Crippen molar-refractivity contribution >= 4 is 6.29 Å². The van der Waals surface area contributed by atoms with Crippen molar-refractivity contribution < 1.29 is 4.79 Å². The third-order valence-corrected chi connectivity index (χ3v) is 2.39. The van der Waals surface area contributed by atoms with Crippen LogP contribution in [0.25, 0.3) is 11.3 Å². The Hall–Kier alpha value is -1.90. The number of aldehydes is 1. The smallest absolute Gasteiger partial charge is 0.150 e. The van der Waals surface area contributed by atoms with Gasteiger partial charge in [-0.25, -0.2) is 0 Å². The summed E-state index contributed by atoms with van der Waals surface area (Å²) in [5, 5.41) is 4.32. The molecule has 1 aromatic heterocycles. The first-order chi connectivity index (χ1) is 7.20. The molecule has 0 fully saturated rings. The number of rotatable bonds is 2. The normalized spacial score (nSPS) is 10.3. The molecule has 2 rings (SSSR count). The van der Waals surface area contributed by atoms with Crippen molar-refractivity contribution in [2.45, 2.75) is 6.92 Å². The number of carbonyl (C=O) groups excluding carboxylic acids is 1. The van der Waals surface area contributed by atoms with Crippen LogP contribution in [-0.4, -0.2) is 16.1 Å². The largest absolute Gasteiger partial charge is 0.298 e. The number of aryl methyl sites for hydroxylation is 2. The molecule has 0 saturated carbocycles. The number of hydrogen-bond acceptors (Lipinski definition) is 2. The minimum atomic E-state index is 0.682. The summed E-state index contributed by atoms with van der Waals surface area (Å²) < 4.78 is 1.75. The molecule has 15 heavy (non-hydrogen) atoms. The number of hydrogen-bond donors (Lipinski definition) is 0. The van der Waals surface area contributed by atoms with Crippen LogP contribution in [0.1, 0.15) is 15.9 Å². The molecule has 0 N–H and O–H groups in total. The highest BCUT2D eigenvalue weighted by molar-refractivity contribution is 5.79. The van der Waals surface area contributed by atoms with Crippen LogP contribution in [0.15, 0.2) is 30.5 Å². The first kappa shape index (κ1) is 9.65. The highest BCUT2D eigenvalue weighted by Gasteiger charge is 2.05. The molecule has 0 atom stereocenters. The number of carbonyl (C=O) groups is 1. The summed E-state index contributed by atoms with van der Waals surface area (Å²) in [4.78, 5) is 10.7. The highest BCUT2D eigenvalue weighted by atomic mass is 16.1. The van der Waals surface area contributed by atoms with Crippen molar-refractivity contribution in [1.82, 2.24) is 9.78 Å². The molecule has 2 aromatic rings. The van der Waals surface area contributed by atoms with Crippen LogP contribution in [0.2, 0.25) is 0 Å². The molecular weight excluding hydrogens is 188 g/mol. The fourth-order valence-electron chi connectivity index (χ4n) is 1.55. The van der Waals surface area contributed by atoms with Crippen molar-refractivity contribution in [3.05, 3.63) is 41.6 Å². The van der Waals surface area contributed by atoms with Crippen LogP contribution in [0, 0.1) is 6.92 Å². The van der Waals surface area contributed by atoms with Crippen molar-refractivity contribution in [2.75, 3.05) is 0 Å². The van der Waals surface area contributed by atoms with Gasteiger partial charge in [0.05, 0.1) is 5.69 Å². The summed E-state index contributed by atoms with van der Waals surface area (Å²) in [7, 11) is 1.88. The summed E-state index contributed by atoms with van der Waals surface area (Å²) >= 11 is 0. The van der Waals surface area contributed by atoms with E-state index in [-0.39, 0.29) is 0 Å². The van der Waals surface area contributed by atoms with E-state index in [1.165, 1.54) is 0 Å². The minimum absolute atomic E-state index is 0.682. The van der Waals surface area contributed by atoms with E-state index >= 15 is 0 Å². The van der Waals surface area contributed by atoms with Gasteiger partial charge >= 0.3 is 0 Å². The number of benzene rings is 1. The average Bonchev–Trinajstić information content (AvgIpc) is 2.65. The maximum absolute atomic E-state index is 10.7. The van der Waals surface area contributed by atoms with Gasteiger partial charge in [-0.1, -0.05) is 12.1 Å². The fraction of sp³-hybridized carbons (Fsp3) is 0.167. The average molecular weight is 200 g/mol. The Morgan fingerprint density at radius 2 is 2.13 bits per heavy atom. The van der Waals surface area contributed by atoms with Crippen molar-refractivity contribution in [1.29, 1.82) is 0 Å². The summed E-state index contributed by atoms with van der Waals surface area (Å²) in [6.45, 7) is 2.01. The maximum Gasteiger partial charge on any atom is 0.150 e. The second-order valence-electron chi connectivity index (χ2n) is 3.57. The van der Waals surface area contributed by atoms with Crippen LogP contribution in [0.4, 0.5) is 0 Å². The maximum atomic E-state index is 10.7. The molecule has 0 spiro atoms. The van der Waals surface area contributed by atoms with Crippen molar-refractivity contribution in [3.63, 3.8) is 0 Å². The molecule has 0 aliphatic rings. The van der Waals surface area contributed by atoms with E-state index in [9.17, 15) is 4.79 Å². The van der Waals surface area contributed by atoms with Crippen LogP contribution in [0.5, 0.6) is 0 Å². The lowest BCUT2D eigenvalue weighted by atomic mass is 10.0. The Bertz CT molecular complexity index is 500. The predicted octanol–water partition coefficient (Wildman–Crippen LogP) is 2.21. The fourth-order valence-corrected chi connectivity index (χ4v) is 1.55. The zero-order chi connectivity index (χ0) is 10.8. The van der Waals surface area contributed by atoms with E-state index in [4.69, 9.17) is 0 Å². The van der Waals surface area contributed by atoms with Gasteiger partial charge in [0.2, 0.25) is 0 Å². The van der Waals surface area contributed by atoms with Gasteiger partial charge in [0.25, 0.3) is 0 Å². The van der Waals surface area contributed by atoms with Gasteiger partial charge in [0.15, 0.2) is 0 Å². The Morgan fingerprint density at radius 1 is 1.33 bits per heavy atom. The molecule has 0 unspecified atom stereocenters. The van der Waals surface area contributed by atoms with E-state index in [1.54, 1.807) is 4.68 Å². The molecule has 1 aromatic carbocycles. The summed E-state index contributed by atoms with van der Waals surface area (Å²) in [6.07, 6.45) is 2.74. The second kappa shape index (κ2) is 3.69. The van der Waals surface area contributed by atoms with E-state index in [1.807, 2.05) is 44.4 Å². The molecule has 0 bridgehead atoms. The van der Waals surface area contributed by atoms with Gasteiger partial charge in [-0.05, 0) is 24.6 Å². The number of nitrogens with zero attached hydrogens (tertiary/aromatic N) is 2. The minimum Gasteiger partial charge on any atom is -0.298 e. The quantitative estimate of drug-likeness (QED) is 0.696. The Labute approximate surface area is 88.4 Å². The van der Waals surface area contributed by atoms with Crippen LogP contribution >= 0.6 is 0 Å². The topological polar surface area (TPSA) is 34.9 Å². The predicted molar refractivity (Wildman–Crippen MR) is 58.8 cm³/mol. The van der Waals surface area contributed by atoms with Crippen molar-refractivity contribution in [2.24, 2.45) is 7.05 Å². The molecule has 0 amide bonds. The Morgan fingerprint density at radius 3 is 2.73 bits per heavy atom. The van der Waals surface area contributed by atoms with Crippen LogP contribution < -0.4 is 0 Å². The summed E-state index contributed by atoms with van der Waals surface area (Å²) in [5.41, 5.74) is 3.72. The number of aromatic nitrogens is 2. The van der Waals surface area contributed by atoms with E-state index in [0.29, 0.717) is 5.56 Å². The zero-order valence-electron chi connectivity index (χ0n) is 8.77. The standard InChI is InChI=1S/C12H12N2O/c1-9-3-4-10(8-15)7-11(9)12-5-6-14(2)13-12/h3-8H,1-2H3. The lowest BCUT2D eigenvalue weighted by Crippen LogP contribution is -1.91. The molecule has 0 aliphatic heterocycles. The van der Waals surface area contributed by atoms with Gasteiger partial charge in [0.1, 0.15) is 6.29 Å². The van der Waals surface area contributed by atoms with Crippen LogP contribution in [0.3, 0.4) is 0 Å². The van der Waals surface area contributed by atoms with Crippen molar-refractivity contribution in [3.8, 4) is 11.3 Å². The third kappa shape index (κ3) is 1.81. The molecule has 76 valence electrons. The lowest BCUT2D eigenvalue weighted by Gasteiger charge is -2.02. The molecule has 0 radical (unpaired) electrons. The lowest BCUT2D eigenvalue weighted by molar-refractivity contribution is 0.112. The van der Waals surface area contributed by atoms with Gasteiger partial charge in [-0.3, -0.25) is 9.48 Å².